The molecule has 1 rings (SSSR count). The molecule has 0 radical (unpaired) electrons. The maximum Gasteiger partial charge on any atom is 0.0253 e. The van der Waals surface area contributed by atoms with E-state index in [2.05, 4.69) is 76.7 Å². The van der Waals surface area contributed by atoms with Gasteiger partial charge in [-0.15, -0.1) is 0 Å². The fourth-order valence-corrected chi connectivity index (χ4v) is 5.55. The van der Waals surface area contributed by atoms with Gasteiger partial charge in [0.05, 0.1) is 0 Å². The minimum atomic E-state index is 0.264. The molecule has 0 heterocycles. The minimum Gasteiger partial charge on any atom is -0.154 e. The van der Waals surface area contributed by atoms with Crippen LogP contribution in [0.3, 0.4) is 0 Å². The van der Waals surface area contributed by atoms with Crippen LogP contribution in [0.15, 0.2) is 30.3 Å². The monoisotopic (exact) mass is 306 g/mol. The average Bonchev–Trinajstić information content (AvgIpc) is 2.53. The molecular formula is C20H34S. The lowest BCUT2D eigenvalue weighted by molar-refractivity contribution is 0.284. The van der Waals surface area contributed by atoms with Crippen molar-refractivity contribution < 1.29 is 0 Å². The Kier molecular flexibility index (Phi) is 7.87. The summed E-state index contributed by atoms with van der Waals surface area (Å²) in [7, 11) is 0. The quantitative estimate of drug-likeness (QED) is 0.456. The highest BCUT2D eigenvalue weighted by molar-refractivity contribution is 8.00. The smallest absolute Gasteiger partial charge is 0.0253 e. The van der Waals surface area contributed by atoms with Crippen molar-refractivity contribution in [1.29, 1.82) is 0 Å². The minimum absolute atomic E-state index is 0.264. The summed E-state index contributed by atoms with van der Waals surface area (Å²) in [6, 6.07) is 11.2. The van der Waals surface area contributed by atoms with Crippen LogP contribution in [0, 0.1) is 0 Å². The first-order valence-electron chi connectivity index (χ1n) is 8.79. The number of hydrogen-bond donors (Lipinski definition) is 0. The maximum atomic E-state index is 2.51. The lowest BCUT2D eigenvalue weighted by Gasteiger charge is -2.49. The Labute approximate surface area is 137 Å². The molecule has 21 heavy (non-hydrogen) atoms. The lowest BCUT2D eigenvalue weighted by atomic mass is 9.66. The summed E-state index contributed by atoms with van der Waals surface area (Å²) >= 11 is 2.24. The first kappa shape index (κ1) is 18.6. The highest BCUT2D eigenvalue weighted by Crippen LogP contribution is 2.52. The predicted octanol–water partition coefficient (Wildman–Crippen LogP) is 6.84. The zero-order valence-electron chi connectivity index (χ0n) is 14.7. The van der Waals surface area contributed by atoms with Gasteiger partial charge in [-0.1, -0.05) is 77.8 Å². The molecule has 0 aliphatic carbocycles. The third-order valence-corrected chi connectivity index (χ3v) is 7.04. The third-order valence-electron chi connectivity index (χ3n) is 5.01. The van der Waals surface area contributed by atoms with E-state index in [-0.39, 0.29) is 5.41 Å². The van der Waals surface area contributed by atoms with Crippen LogP contribution in [0.2, 0.25) is 0 Å². The van der Waals surface area contributed by atoms with Gasteiger partial charge in [0.25, 0.3) is 0 Å². The zero-order valence-corrected chi connectivity index (χ0v) is 15.6. The predicted molar refractivity (Wildman–Crippen MR) is 99.4 cm³/mol. The van der Waals surface area contributed by atoms with Gasteiger partial charge in [0, 0.05) is 10.2 Å². The molecule has 1 unspecified atom stereocenters. The summed E-state index contributed by atoms with van der Waals surface area (Å²) in [4.78, 5) is 0. The van der Waals surface area contributed by atoms with Gasteiger partial charge >= 0.3 is 0 Å². The van der Waals surface area contributed by atoms with Crippen molar-refractivity contribution in [2.24, 2.45) is 0 Å². The second kappa shape index (κ2) is 8.88. The standard InChI is InChI=1S/C20H34S/c1-6-15-20(16-7-2,21-17-8-3)19(5,9-4)18-13-11-10-12-14-18/h10-14H,6-9,15-17H2,1-5H3. The van der Waals surface area contributed by atoms with E-state index in [1.54, 1.807) is 0 Å². The Hall–Kier alpha value is -0.430. The van der Waals surface area contributed by atoms with Gasteiger partial charge in [-0.25, -0.2) is 0 Å². The van der Waals surface area contributed by atoms with Crippen LogP contribution < -0.4 is 0 Å². The first-order valence-corrected chi connectivity index (χ1v) is 9.78. The number of benzene rings is 1. The maximum absolute atomic E-state index is 2.51. The molecule has 0 amide bonds. The van der Waals surface area contributed by atoms with E-state index in [1.807, 2.05) is 0 Å². The Morgan fingerprint density at radius 3 is 1.86 bits per heavy atom. The fraction of sp³-hybridized carbons (Fsp3) is 0.700. The second-order valence-electron chi connectivity index (χ2n) is 6.39. The summed E-state index contributed by atoms with van der Waals surface area (Å²) in [6.45, 7) is 11.9. The Morgan fingerprint density at radius 1 is 0.857 bits per heavy atom. The zero-order chi connectivity index (χ0) is 15.8. The summed E-state index contributed by atoms with van der Waals surface area (Å²) in [5, 5.41) is 0. The van der Waals surface area contributed by atoms with Crippen LogP contribution in [-0.4, -0.2) is 10.5 Å². The van der Waals surface area contributed by atoms with Crippen LogP contribution in [-0.2, 0) is 5.41 Å². The van der Waals surface area contributed by atoms with Gasteiger partial charge in [-0.2, -0.15) is 11.8 Å². The molecule has 1 aromatic rings. The molecule has 1 atom stereocenters. The highest BCUT2D eigenvalue weighted by atomic mass is 32.2. The molecule has 120 valence electrons. The van der Waals surface area contributed by atoms with Crippen molar-refractivity contribution in [2.75, 3.05) is 5.75 Å². The van der Waals surface area contributed by atoms with Crippen molar-refractivity contribution in [1.82, 2.24) is 0 Å². The molecule has 0 spiro atoms. The van der Waals surface area contributed by atoms with E-state index in [9.17, 15) is 0 Å². The lowest BCUT2D eigenvalue weighted by Crippen LogP contribution is -2.47. The van der Waals surface area contributed by atoms with Crippen molar-refractivity contribution in [3.05, 3.63) is 35.9 Å². The van der Waals surface area contributed by atoms with Gasteiger partial charge < -0.3 is 0 Å². The summed E-state index contributed by atoms with van der Waals surface area (Å²) in [5.41, 5.74) is 1.79. The number of rotatable bonds is 10. The van der Waals surface area contributed by atoms with Crippen molar-refractivity contribution in [3.8, 4) is 0 Å². The third kappa shape index (κ3) is 4.06. The molecule has 0 N–H and O–H groups in total. The number of thioether (sulfide) groups is 1. The van der Waals surface area contributed by atoms with Gasteiger partial charge in [0.2, 0.25) is 0 Å². The van der Waals surface area contributed by atoms with E-state index in [0.717, 1.165) is 0 Å². The van der Waals surface area contributed by atoms with E-state index in [1.165, 1.54) is 49.8 Å². The van der Waals surface area contributed by atoms with Crippen LogP contribution in [0.5, 0.6) is 0 Å². The molecule has 1 heteroatoms. The van der Waals surface area contributed by atoms with E-state index >= 15 is 0 Å². The molecule has 0 saturated carbocycles. The average molecular weight is 307 g/mol. The topological polar surface area (TPSA) is 0 Å². The molecule has 0 aliphatic heterocycles. The molecule has 0 nitrogen and oxygen atoms in total. The van der Waals surface area contributed by atoms with Gasteiger partial charge in [-0.05, 0) is 37.0 Å². The summed E-state index contributed by atoms with van der Waals surface area (Å²) in [5.74, 6) is 1.28. The fourth-order valence-electron chi connectivity index (χ4n) is 3.68. The van der Waals surface area contributed by atoms with Gasteiger partial charge in [-0.3, -0.25) is 0 Å². The van der Waals surface area contributed by atoms with E-state index in [4.69, 9.17) is 0 Å². The van der Waals surface area contributed by atoms with Gasteiger partial charge in [0.1, 0.15) is 0 Å². The van der Waals surface area contributed by atoms with Crippen molar-refractivity contribution in [3.63, 3.8) is 0 Å². The normalized spacial score (nSPS) is 14.9. The molecule has 0 aliphatic rings. The molecule has 0 fully saturated rings. The molecule has 0 aromatic heterocycles. The second-order valence-corrected chi connectivity index (χ2v) is 7.87. The van der Waals surface area contributed by atoms with Crippen molar-refractivity contribution >= 4 is 11.8 Å². The molecule has 1 aromatic carbocycles. The summed E-state index contributed by atoms with van der Waals surface area (Å²) in [6.07, 6.45) is 7.69. The van der Waals surface area contributed by atoms with E-state index in [0.29, 0.717) is 4.75 Å². The molecule has 0 bridgehead atoms. The Balaban J connectivity index is 3.29. The van der Waals surface area contributed by atoms with Crippen LogP contribution in [0.25, 0.3) is 0 Å². The molecule has 0 saturated heterocycles. The molecular weight excluding hydrogens is 272 g/mol. The number of hydrogen-bond acceptors (Lipinski definition) is 1. The Bertz CT molecular complexity index is 378. The van der Waals surface area contributed by atoms with E-state index < -0.39 is 0 Å². The van der Waals surface area contributed by atoms with Crippen LogP contribution in [0.1, 0.15) is 78.7 Å². The largest absolute Gasteiger partial charge is 0.154 e. The van der Waals surface area contributed by atoms with Gasteiger partial charge in [0.15, 0.2) is 0 Å². The SMILES string of the molecule is CCCSC(CCC)(CCC)C(C)(CC)c1ccccc1. The highest BCUT2D eigenvalue weighted by Gasteiger charge is 2.46. The summed E-state index contributed by atoms with van der Waals surface area (Å²) < 4.78 is 0.378. The Morgan fingerprint density at radius 2 is 1.43 bits per heavy atom. The van der Waals surface area contributed by atoms with Crippen LogP contribution >= 0.6 is 11.8 Å². The van der Waals surface area contributed by atoms with Crippen LogP contribution in [0.4, 0.5) is 0 Å². The first-order chi connectivity index (χ1) is 10.1. The van der Waals surface area contributed by atoms with Crippen molar-refractivity contribution in [2.45, 2.75) is 83.3 Å².